The molecule has 0 heterocycles. The van der Waals surface area contributed by atoms with E-state index in [1.807, 2.05) is 37.3 Å². The molecule has 0 saturated heterocycles. The van der Waals surface area contributed by atoms with Gasteiger partial charge in [0.15, 0.2) is 0 Å². The van der Waals surface area contributed by atoms with Crippen LogP contribution in [-0.2, 0) is 0 Å². The Bertz CT molecular complexity index is 445. The summed E-state index contributed by atoms with van der Waals surface area (Å²) in [5.74, 6) is 0.626. The lowest BCUT2D eigenvalue weighted by molar-refractivity contribution is 0.153. The molecule has 4 heteroatoms. The summed E-state index contributed by atoms with van der Waals surface area (Å²) in [5, 5.41) is 16.0. The molecule has 4 nitrogen and oxygen atoms in total. The Balaban J connectivity index is 1.73. The van der Waals surface area contributed by atoms with Crippen molar-refractivity contribution in [1.82, 2.24) is 10.6 Å². The number of benzene rings is 1. The third-order valence-electron chi connectivity index (χ3n) is 4.35. The maximum absolute atomic E-state index is 11.9. The number of rotatable bonds is 6. The predicted molar refractivity (Wildman–Crippen MR) is 84.0 cm³/mol. The number of aliphatic hydroxyl groups is 1. The van der Waals surface area contributed by atoms with Crippen LogP contribution < -0.4 is 10.6 Å². The summed E-state index contributed by atoms with van der Waals surface area (Å²) in [4.78, 5) is 11.9. The third-order valence-corrected chi connectivity index (χ3v) is 4.35. The Morgan fingerprint density at radius 2 is 1.90 bits per heavy atom. The van der Waals surface area contributed by atoms with Gasteiger partial charge in [-0.05, 0) is 44.6 Å². The lowest BCUT2D eigenvalue weighted by Gasteiger charge is -2.32. The average Bonchev–Trinajstić information content (AvgIpc) is 2.36. The van der Waals surface area contributed by atoms with Crippen LogP contribution in [0.2, 0.25) is 0 Å². The zero-order valence-electron chi connectivity index (χ0n) is 12.9. The van der Waals surface area contributed by atoms with Crippen LogP contribution in [0.5, 0.6) is 0 Å². The predicted octanol–water partition coefficient (Wildman–Crippen LogP) is 2.99. The molecule has 2 amide bonds. The first kappa shape index (κ1) is 15.8. The van der Waals surface area contributed by atoms with Crippen molar-refractivity contribution >= 4 is 6.03 Å². The van der Waals surface area contributed by atoms with E-state index in [1.54, 1.807) is 0 Å². The number of hydrogen-bond donors (Lipinski definition) is 3. The SMILES string of the molecule is CC(CC(O)c1ccccc1)NC(=O)NC(C)C1CCC1. The minimum atomic E-state index is -0.550. The lowest BCUT2D eigenvalue weighted by Crippen LogP contribution is -2.48. The summed E-state index contributed by atoms with van der Waals surface area (Å²) >= 11 is 0. The van der Waals surface area contributed by atoms with Crippen molar-refractivity contribution in [3.05, 3.63) is 35.9 Å². The number of amides is 2. The van der Waals surface area contributed by atoms with Gasteiger partial charge in [0, 0.05) is 12.1 Å². The van der Waals surface area contributed by atoms with E-state index in [0.29, 0.717) is 12.3 Å². The molecular weight excluding hydrogens is 264 g/mol. The van der Waals surface area contributed by atoms with E-state index in [2.05, 4.69) is 17.6 Å². The van der Waals surface area contributed by atoms with Gasteiger partial charge in [-0.15, -0.1) is 0 Å². The molecule has 1 aromatic carbocycles. The van der Waals surface area contributed by atoms with Gasteiger partial charge >= 0.3 is 6.03 Å². The first-order valence-corrected chi connectivity index (χ1v) is 7.86. The van der Waals surface area contributed by atoms with Crippen molar-refractivity contribution in [2.24, 2.45) is 5.92 Å². The first-order valence-electron chi connectivity index (χ1n) is 7.86. The molecule has 21 heavy (non-hydrogen) atoms. The monoisotopic (exact) mass is 290 g/mol. The maximum atomic E-state index is 11.9. The fourth-order valence-electron chi connectivity index (χ4n) is 2.74. The van der Waals surface area contributed by atoms with Gasteiger partial charge in [-0.3, -0.25) is 0 Å². The topological polar surface area (TPSA) is 61.4 Å². The number of urea groups is 1. The Kier molecular flexibility index (Phi) is 5.62. The molecule has 0 radical (unpaired) electrons. The van der Waals surface area contributed by atoms with Crippen LogP contribution in [-0.4, -0.2) is 23.2 Å². The highest BCUT2D eigenvalue weighted by Gasteiger charge is 2.25. The Morgan fingerprint density at radius 3 is 2.48 bits per heavy atom. The quantitative estimate of drug-likeness (QED) is 0.754. The summed E-state index contributed by atoms with van der Waals surface area (Å²) in [7, 11) is 0. The summed E-state index contributed by atoms with van der Waals surface area (Å²) in [6.45, 7) is 3.98. The van der Waals surface area contributed by atoms with Gasteiger partial charge in [0.05, 0.1) is 6.10 Å². The summed E-state index contributed by atoms with van der Waals surface area (Å²) in [6.07, 6.45) is 3.66. The van der Waals surface area contributed by atoms with Crippen molar-refractivity contribution in [1.29, 1.82) is 0 Å². The van der Waals surface area contributed by atoms with Gasteiger partial charge in [-0.25, -0.2) is 4.79 Å². The van der Waals surface area contributed by atoms with E-state index in [0.717, 1.165) is 5.56 Å². The third kappa shape index (κ3) is 4.74. The van der Waals surface area contributed by atoms with E-state index >= 15 is 0 Å². The molecule has 0 aliphatic heterocycles. The summed E-state index contributed by atoms with van der Waals surface area (Å²) < 4.78 is 0. The fraction of sp³-hybridized carbons (Fsp3) is 0.588. The van der Waals surface area contributed by atoms with Crippen molar-refractivity contribution in [3.8, 4) is 0 Å². The lowest BCUT2D eigenvalue weighted by atomic mass is 9.80. The van der Waals surface area contributed by atoms with E-state index in [1.165, 1.54) is 19.3 Å². The van der Waals surface area contributed by atoms with Gasteiger partial charge in [0.25, 0.3) is 0 Å². The smallest absolute Gasteiger partial charge is 0.315 e. The number of aliphatic hydroxyl groups excluding tert-OH is 1. The molecule has 1 aliphatic carbocycles. The van der Waals surface area contributed by atoms with Crippen LogP contribution in [0.15, 0.2) is 30.3 Å². The highest BCUT2D eigenvalue weighted by atomic mass is 16.3. The molecule has 0 spiro atoms. The minimum Gasteiger partial charge on any atom is -0.388 e. The zero-order valence-corrected chi connectivity index (χ0v) is 12.9. The van der Waals surface area contributed by atoms with Crippen LogP contribution in [0.4, 0.5) is 4.79 Å². The van der Waals surface area contributed by atoms with Crippen LogP contribution in [0, 0.1) is 5.92 Å². The molecule has 1 fully saturated rings. The fourth-order valence-corrected chi connectivity index (χ4v) is 2.74. The number of nitrogens with one attached hydrogen (secondary N) is 2. The van der Waals surface area contributed by atoms with E-state index in [4.69, 9.17) is 0 Å². The van der Waals surface area contributed by atoms with Gasteiger partial charge in [0.1, 0.15) is 0 Å². The van der Waals surface area contributed by atoms with Gasteiger partial charge in [0.2, 0.25) is 0 Å². The normalized spacial score (nSPS) is 19.2. The molecule has 0 aromatic heterocycles. The van der Waals surface area contributed by atoms with Gasteiger partial charge in [-0.1, -0.05) is 36.8 Å². The second-order valence-electron chi connectivity index (χ2n) is 6.16. The van der Waals surface area contributed by atoms with E-state index in [9.17, 15) is 9.90 Å². The van der Waals surface area contributed by atoms with Crippen molar-refractivity contribution in [2.75, 3.05) is 0 Å². The molecule has 116 valence electrons. The Morgan fingerprint density at radius 1 is 1.24 bits per heavy atom. The Labute approximate surface area is 126 Å². The van der Waals surface area contributed by atoms with Crippen LogP contribution >= 0.6 is 0 Å². The number of carbonyl (C=O) groups is 1. The van der Waals surface area contributed by atoms with Gasteiger partial charge in [-0.2, -0.15) is 0 Å². The molecule has 1 aliphatic rings. The Hall–Kier alpha value is -1.55. The van der Waals surface area contributed by atoms with E-state index in [-0.39, 0.29) is 18.1 Å². The summed E-state index contributed by atoms with van der Waals surface area (Å²) in [5.41, 5.74) is 0.884. The second-order valence-corrected chi connectivity index (χ2v) is 6.16. The largest absolute Gasteiger partial charge is 0.388 e. The van der Waals surface area contributed by atoms with Crippen molar-refractivity contribution in [3.63, 3.8) is 0 Å². The molecular formula is C17H26N2O2. The van der Waals surface area contributed by atoms with Crippen molar-refractivity contribution in [2.45, 2.75) is 57.7 Å². The van der Waals surface area contributed by atoms with Crippen LogP contribution in [0.1, 0.15) is 51.2 Å². The van der Waals surface area contributed by atoms with Crippen molar-refractivity contribution < 1.29 is 9.90 Å². The highest BCUT2D eigenvalue weighted by Crippen LogP contribution is 2.29. The maximum Gasteiger partial charge on any atom is 0.315 e. The highest BCUT2D eigenvalue weighted by molar-refractivity contribution is 5.74. The number of hydrogen-bond acceptors (Lipinski definition) is 2. The first-order chi connectivity index (χ1) is 10.1. The van der Waals surface area contributed by atoms with E-state index < -0.39 is 6.10 Å². The number of carbonyl (C=O) groups excluding carboxylic acids is 1. The zero-order chi connectivity index (χ0) is 15.2. The average molecular weight is 290 g/mol. The molecule has 2 rings (SSSR count). The standard InChI is InChI=1S/C17H26N2O2/c1-12(11-16(20)15-7-4-3-5-8-15)18-17(21)19-13(2)14-9-6-10-14/h3-5,7-8,12-14,16,20H,6,9-11H2,1-2H3,(H2,18,19,21). The van der Waals surface area contributed by atoms with Crippen LogP contribution in [0.3, 0.4) is 0 Å². The molecule has 1 saturated carbocycles. The molecule has 3 N–H and O–H groups in total. The molecule has 0 bridgehead atoms. The minimum absolute atomic E-state index is 0.0752. The van der Waals surface area contributed by atoms with Gasteiger partial charge < -0.3 is 15.7 Å². The molecule has 3 atom stereocenters. The molecule has 1 aromatic rings. The molecule has 3 unspecified atom stereocenters. The second kappa shape index (κ2) is 7.46. The van der Waals surface area contributed by atoms with Crippen LogP contribution in [0.25, 0.3) is 0 Å². The summed E-state index contributed by atoms with van der Waals surface area (Å²) in [6, 6.07) is 9.55.